The van der Waals surface area contributed by atoms with Crippen LogP contribution in [-0.2, 0) is 11.0 Å². The molecule has 0 bridgehead atoms. The summed E-state index contributed by atoms with van der Waals surface area (Å²) < 4.78 is 39.6. The maximum absolute atomic E-state index is 13.3. The van der Waals surface area contributed by atoms with E-state index in [1.54, 1.807) is 60.7 Å². The zero-order chi connectivity index (χ0) is 28.9. The van der Waals surface area contributed by atoms with Gasteiger partial charge in [0, 0.05) is 10.6 Å². The fourth-order valence-corrected chi connectivity index (χ4v) is 4.90. The van der Waals surface area contributed by atoms with Crippen molar-refractivity contribution in [1.29, 1.82) is 0 Å². The van der Waals surface area contributed by atoms with Gasteiger partial charge < -0.3 is 15.7 Å². The molecular weight excluding hydrogens is 565 g/mol. The molecular formula is C29H20ClF3N2O4S. The Morgan fingerprint density at radius 1 is 0.800 bits per heavy atom. The fraction of sp³-hybridized carbons (Fsp3) is 0.0690. The smallest absolute Gasteiger partial charge is 0.416 e. The molecule has 0 aliphatic heterocycles. The first-order chi connectivity index (χ1) is 19.0. The third kappa shape index (κ3) is 7.02. The molecule has 4 aromatic rings. The third-order valence-electron chi connectivity index (χ3n) is 5.66. The van der Waals surface area contributed by atoms with Gasteiger partial charge in [0.2, 0.25) is 5.91 Å². The van der Waals surface area contributed by atoms with E-state index in [9.17, 15) is 32.7 Å². The molecule has 4 rings (SSSR count). The number of carboxylic acid groups (broad SMARTS) is 1. The quantitative estimate of drug-likeness (QED) is 0.184. The molecule has 3 N–H and O–H groups in total. The molecule has 0 aliphatic carbocycles. The molecule has 0 saturated carbocycles. The fourth-order valence-electron chi connectivity index (χ4n) is 3.72. The predicted molar refractivity (Wildman–Crippen MR) is 148 cm³/mol. The molecule has 40 heavy (non-hydrogen) atoms. The van der Waals surface area contributed by atoms with Gasteiger partial charge in [-0.15, -0.1) is 11.8 Å². The van der Waals surface area contributed by atoms with Crippen LogP contribution in [0.5, 0.6) is 0 Å². The Bertz CT molecular complexity index is 1550. The summed E-state index contributed by atoms with van der Waals surface area (Å²) in [5.74, 6) is -2.41. The number of carbonyl (C=O) groups excluding carboxylic acids is 2. The van der Waals surface area contributed by atoms with Crippen molar-refractivity contribution in [3.63, 3.8) is 0 Å². The number of carbonyl (C=O) groups is 3. The topological polar surface area (TPSA) is 95.5 Å². The van der Waals surface area contributed by atoms with Crippen molar-refractivity contribution >= 4 is 52.5 Å². The van der Waals surface area contributed by atoms with Crippen molar-refractivity contribution in [3.8, 4) is 0 Å². The Kier molecular flexibility index (Phi) is 8.81. The summed E-state index contributed by atoms with van der Waals surface area (Å²) in [5, 5.41) is 13.6. The number of aromatic carboxylic acids is 1. The molecule has 204 valence electrons. The second-order valence-corrected chi connectivity index (χ2v) is 10.0. The zero-order valence-electron chi connectivity index (χ0n) is 20.4. The van der Waals surface area contributed by atoms with Gasteiger partial charge in [0.05, 0.1) is 27.4 Å². The van der Waals surface area contributed by atoms with Crippen LogP contribution < -0.4 is 10.6 Å². The molecule has 0 aliphatic rings. The summed E-state index contributed by atoms with van der Waals surface area (Å²) >= 11 is 7.22. The Morgan fingerprint density at radius 3 is 2.05 bits per heavy atom. The summed E-state index contributed by atoms with van der Waals surface area (Å²) in [7, 11) is 0. The van der Waals surface area contributed by atoms with E-state index in [-0.39, 0.29) is 21.8 Å². The number of anilines is 2. The van der Waals surface area contributed by atoms with E-state index in [0.29, 0.717) is 16.1 Å². The van der Waals surface area contributed by atoms with Crippen LogP contribution in [0.25, 0.3) is 0 Å². The van der Waals surface area contributed by atoms with Gasteiger partial charge in [-0.25, -0.2) is 4.79 Å². The number of rotatable bonds is 8. The standard InChI is InChI=1S/C29H20ClF3N2O4S/c30-23-15-10-18(29(31,32)33)16-24(23)35-27(37)25(17-6-2-1-3-7-17)40-20-13-11-19(12-14-20)34-26(36)21-8-4-5-9-22(21)28(38)39/h1-16,25H,(H,34,36)(H,35,37)(H,38,39). The Balaban J connectivity index is 1.53. The van der Waals surface area contributed by atoms with Crippen molar-refractivity contribution in [3.05, 3.63) is 124 Å². The van der Waals surface area contributed by atoms with E-state index in [1.165, 1.54) is 18.2 Å². The maximum atomic E-state index is 13.3. The molecule has 0 radical (unpaired) electrons. The van der Waals surface area contributed by atoms with Crippen LogP contribution in [0.4, 0.5) is 24.5 Å². The molecule has 0 heterocycles. The van der Waals surface area contributed by atoms with Crippen LogP contribution in [0.2, 0.25) is 5.02 Å². The highest BCUT2D eigenvalue weighted by atomic mass is 35.5. The SMILES string of the molecule is O=C(O)c1ccccc1C(=O)Nc1ccc(SC(C(=O)Nc2cc(C(F)(F)F)ccc2Cl)c2ccccc2)cc1. The highest BCUT2D eigenvalue weighted by molar-refractivity contribution is 8.00. The van der Waals surface area contributed by atoms with Gasteiger partial charge in [-0.2, -0.15) is 13.2 Å². The molecule has 4 aromatic carbocycles. The van der Waals surface area contributed by atoms with Crippen molar-refractivity contribution in [2.45, 2.75) is 16.3 Å². The number of halogens is 4. The first kappa shape index (κ1) is 28.7. The lowest BCUT2D eigenvalue weighted by Crippen LogP contribution is -2.20. The first-order valence-corrected chi connectivity index (χ1v) is 12.9. The lowest BCUT2D eigenvalue weighted by atomic mass is 10.1. The monoisotopic (exact) mass is 584 g/mol. The van der Waals surface area contributed by atoms with Gasteiger partial charge in [-0.3, -0.25) is 9.59 Å². The Morgan fingerprint density at radius 2 is 1.43 bits per heavy atom. The van der Waals surface area contributed by atoms with E-state index >= 15 is 0 Å². The largest absolute Gasteiger partial charge is 0.478 e. The maximum Gasteiger partial charge on any atom is 0.416 e. The van der Waals surface area contributed by atoms with Crippen molar-refractivity contribution in [2.24, 2.45) is 0 Å². The second-order valence-electron chi connectivity index (χ2n) is 8.42. The molecule has 11 heteroatoms. The van der Waals surface area contributed by atoms with Gasteiger partial charge in [-0.1, -0.05) is 54.1 Å². The number of hydrogen-bond donors (Lipinski definition) is 3. The number of benzene rings is 4. The van der Waals surface area contributed by atoms with Crippen molar-refractivity contribution < 1.29 is 32.7 Å². The summed E-state index contributed by atoms with van der Waals surface area (Å²) in [6, 6.07) is 23.7. The van der Waals surface area contributed by atoms with E-state index in [4.69, 9.17) is 11.6 Å². The van der Waals surface area contributed by atoms with E-state index in [2.05, 4.69) is 10.6 Å². The molecule has 6 nitrogen and oxygen atoms in total. The lowest BCUT2D eigenvalue weighted by Gasteiger charge is -2.18. The second kappa shape index (κ2) is 12.3. The molecule has 2 amide bonds. The number of carboxylic acids is 1. The molecule has 0 spiro atoms. The number of alkyl halides is 3. The highest BCUT2D eigenvalue weighted by Crippen LogP contribution is 2.38. The van der Waals surface area contributed by atoms with Gasteiger partial charge in [0.15, 0.2) is 0 Å². The summed E-state index contributed by atoms with van der Waals surface area (Å²) in [6.07, 6.45) is -4.61. The number of nitrogens with one attached hydrogen (secondary N) is 2. The van der Waals surface area contributed by atoms with Crippen molar-refractivity contribution in [1.82, 2.24) is 0 Å². The predicted octanol–water partition coefficient (Wildman–Crippen LogP) is 7.78. The van der Waals surface area contributed by atoms with Crippen LogP contribution in [-0.4, -0.2) is 22.9 Å². The van der Waals surface area contributed by atoms with Gasteiger partial charge in [0.25, 0.3) is 5.91 Å². The highest BCUT2D eigenvalue weighted by Gasteiger charge is 2.31. The Hall–Kier alpha value is -4.28. The minimum absolute atomic E-state index is 0.00233. The van der Waals surface area contributed by atoms with E-state index in [0.717, 1.165) is 30.0 Å². The van der Waals surface area contributed by atoms with Crippen molar-refractivity contribution in [2.75, 3.05) is 10.6 Å². The molecule has 0 saturated heterocycles. The Labute approximate surface area is 236 Å². The average molecular weight is 585 g/mol. The number of thioether (sulfide) groups is 1. The lowest BCUT2D eigenvalue weighted by molar-refractivity contribution is -0.137. The summed E-state index contributed by atoms with van der Waals surface area (Å²) in [5.41, 5.74) is -0.239. The molecule has 0 aromatic heterocycles. The normalized spacial score (nSPS) is 11.9. The summed E-state index contributed by atoms with van der Waals surface area (Å²) in [4.78, 5) is 38.0. The molecule has 0 fully saturated rings. The van der Waals surface area contributed by atoms with Crippen LogP contribution in [0.3, 0.4) is 0 Å². The molecule has 1 atom stereocenters. The van der Waals surface area contributed by atoms with Gasteiger partial charge in [-0.05, 0) is 60.2 Å². The number of amides is 2. The molecule has 1 unspecified atom stereocenters. The first-order valence-electron chi connectivity index (χ1n) is 11.7. The average Bonchev–Trinajstić information content (AvgIpc) is 2.93. The van der Waals surface area contributed by atoms with Crippen LogP contribution in [0, 0.1) is 0 Å². The van der Waals surface area contributed by atoms with Gasteiger partial charge >= 0.3 is 12.1 Å². The van der Waals surface area contributed by atoms with E-state index < -0.39 is 34.8 Å². The third-order valence-corrected chi connectivity index (χ3v) is 7.26. The van der Waals surface area contributed by atoms with Crippen LogP contribution in [0.15, 0.2) is 102 Å². The van der Waals surface area contributed by atoms with Crippen LogP contribution in [0.1, 0.15) is 37.1 Å². The number of hydrogen-bond acceptors (Lipinski definition) is 4. The minimum Gasteiger partial charge on any atom is -0.478 e. The van der Waals surface area contributed by atoms with Gasteiger partial charge in [0.1, 0.15) is 5.25 Å². The summed E-state index contributed by atoms with van der Waals surface area (Å²) in [6.45, 7) is 0. The van der Waals surface area contributed by atoms with Crippen LogP contribution >= 0.6 is 23.4 Å². The minimum atomic E-state index is -4.61. The zero-order valence-corrected chi connectivity index (χ0v) is 22.0. The van der Waals surface area contributed by atoms with E-state index in [1.807, 2.05) is 0 Å².